The second-order valence-electron chi connectivity index (χ2n) is 6.08. The molecule has 0 spiro atoms. The number of carbonyl (C=O) groups is 1. The van der Waals surface area contributed by atoms with Gasteiger partial charge in [0.1, 0.15) is 18.1 Å². The average molecular weight is 361 g/mol. The summed E-state index contributed by atoms with van der Waals surface area (Å²) in [7, 11) is 0. The normalized spacial score (nSPS) is 10.3. The molecule has 1 amide bonds. The van der Waals surface area contributed by atoms with Crippen LogP contribution in [0.3, 0.4) is 0 Å². The maximum Gasteiger partial charge on any atom is 0.255 e. The van der Waals surface area contributed by atoms with Crippen LogP contribution in [-0.2, 0) is 13.2 Å². The highest BCUT2D eigenvalue weighted by Crippen LogP contribution is 2.21. The van der Waals surface area contributed by atoms with Crippen molar-refractivity contribution in [3.63, 3.8) is 0 Å². The Hall–Kier alpha value is -3.59. The minimum atomic E-state index is -0.244. The Kier molecular flexibility index (Phi) is 5.53. The summed E-state index contributed by atoms with van der Waals surface area (Å²) in [4.78, 5) is 12.6. The number of carbonyl (C=O) groups excluding carboxylic acids is 1. The first-order chi connectivity index (χ1) is 13.1. The van der Waals surface area contributed by atoms with Gasteiger partial charge in [-0.05, 0) is 43.7 Å². The lowest BCUT2D eigenvalue weighted by Crippen LogP contribution is -2.23. The van der Waals surface area contributed by atoms with Crippen molar-refractivity contribution in [1.29, 1.82) is 5.26 Å². The van der Waals surface area contributed by atoms with Crippen molar-refractivity contribution < 1.29 is 14.1 Å². The molecular weight excluding hydrogens is 342 g/mol. The third-order valence-electron chi connectivity index (χ3n) is 4.19. The van der Waals surface area contributed by atoms with Crippen molar-refractivity contribution in [2.45, 2.75) is 27.0 Å². The van der Waals surface area contributed by atoms with Crippen LogP contribution < -0.4 is 10.1 Å². The van der Waals surface area contributed by atoms with Gasteiger partial charge < -0.3 is 14.6 Å². The van der Waals surface area contributed by atoms with E-state index < -0.39 is 0 Å². The van der Waals surface area contributed by atoms with Gasteiger partial charge in [-0.25, -0.2) is 0 Å². The predicted molar refractivity (Wildman–Crippen MR) is 99.1 cm³/mol. The molecule has 0 aliphatic heterocycles. The van der Waals surface area contributed by atoms with Gasteiger partial charge in [0.15, 0.2) is 0 Å². The molecule has 0 unspecified atom stereocenters. The monoisotopic (exact) mass is 361 g/mol. The van der Waals surface area contributed by atoms with Crippen LogP contribution in [0.1, 0.15) is 38.5 Å². The van der Waals surface area contributed by atoms with Crippen molar-refractivity contribution in [1.82, 2.24) is 10.5 Å². The molecule has 1 heterocycles. The van der Waals surface area contributed by atoms with Gasteiger partial charge in [-0.2, -0.15) is 5.26 Å². The van der Waals surface area contributed by atoms with Crippen LogP contribution in [0.5, 0.6) is 5.75 Å². The molecule has 0 aliphatic carbocycles. The van der Waals surface area contributed by atoms with E-state index >= 15 is 0 Å². The highest BCUT2D eigenvalue weighted by atomic mass is 16.5. The van der Waals surface area contributed by atoms with Gasteiger partial charge in [0, 0.05) is 6.54 Å². The molecule has 0 bridgehead atoms. The summed E-state index contributed by atoms with van der Waals surface area (Å²) < 4.78 is 11.0. The molecular formula is C21H19N3O3. The number of nitrogens with zero attached hydrogens (tertiary/aromatic N) is 2. The molecule has 2 aromatic carbocycles. The van der Waals surface area contributed by atoms with Gasteiger partial charge in [-0.1, -0.05) is 29.4 Å². The van der Waals surface area contributed by atoms with Crippen molar-refractivity contribution in [2.75, 3.05) is 0 Å². The van der Waals surface area contributed by atoms with Gasteiger partial charge >= 0.3 is 0 Å². The van der Waals surface area contributed by atoms with E-state index in [0.29, 0.717) is 29.2 Å². The zero-order chi connectivity index (χ0) is 19.2. The fraction of sp³-hybridized carbons (Fsp3) is 0.190. The molecule has 27 heavy (non-hydrogen) atoms. The van der Waals surface area contributed by atoms with Crippen LogP contribution in [0.25, 0.3) is 0 Å². The van der Waals surface area contributed by atoms with E-state index in [1.54, 1.807) is 36.4 Å². The first kappa shape index (κ1) is 18.2. The molecule has 6 nitrogen and oxygen atoms in total. The second kappa shape index (κ2) is 8.19. The Morgan fingerprint density at radius 2 is 2.04 bits per heavy atom. The number of para-hydroxylation sites is 1. The Morgan fingerprint density at radius 3 is 2.78 bits per heavy atom. The van der Waals surface area contributed by atoms with Crippen molar-refractivity contribution >= 4 is 5.91 Å². The van der Waals surface area contributed by atoms with Gasteiger partial charge in [-0.3, -0.25) is 4.79 Å². The summed E-state index contributed by atoms with van der Waals surface area (Å²) in [6, 6.07) is 16.3. The number of amides is 1. The minimum absolute atomic E-state index is 0.244. The predicted octanol–water partition coefficient (Wildman–Crippen LogP) is 3.67. The SMILES string of the molecule is Cc1noc(C)c1COc1ccccc1C(=O)NCc1cccc(C#N)c1. The van der Waals surface area contributed by atoms with Gasteiger partial charge in [0.05, 0.1) is 28.5 Å². The lowest BCUT2D eigenvalue weighted by molar-refractivity contribution is 0.0946. The smallest absolute Gasteiger partial charge is 0.255 e. The Labute approximate surface area is 157 Å². The second-order valence-corrected chi connectivity index (χ2v) is 6.08. The number of aryl methyl sites for hydroxylation is 2. The Balaban J connectivity index is 1.69. The molecule has 3 aromatic rings. The number of ether oxygens (including phenoxy) is 1. The molecule has 6 heteroatoms. The summed E-state index contributed by atoms with van der Waals surface area (Å²) in [5, 5.41) is 15.7. The van der Waals surface area contributed by atoms with E-state index in [4.69, 9.17) is 14.5 Å². The maximum atomic E-state index is 12.6. The number of aromatic nitrogens is 1. The number of rotatable bonds is 6. The highest BCUT2D eigenvalue weighted by molar-refractivity contribution is 5.96. The molecule has 0 radical (unpaired) electrons. The average Bonchev–Trinajstić information content (AvgIpc) is 3.02. The molecule has 0 atom stereocenters. The Morgan fingerprint density at radius 1 is 1.22 bits per heavy atom. The van der Waals surface area contributed by atoms with Crippen LogP contribution in [0.15, 0.2) is 53.1 Å². The lowest BCUT2D eigenvalue weighted by atomic mass is 10.1. The van der Waals surface area contributed by atoms with Gasteiger partial charge in [0.25, 0.3) is 5.91 Å². The van der Waals surface area contributed by atoms with E-state index in [1.165, 1.54) is 0 Å². The molecule has 0 saturated carbocycles. The van der Waals surface area contributed by atoms with Crippen LogP contribution in [-0.4, -0.2) is 11.1 Å². The summed E-state index contributed by atoms with van der Waals surface area (Å²) in [6.45, 7) is 4.28. The van der Waals surface area contributed by atoms with E-state index in [2.05, 4.69) is 16.5 Å². The number of nitriles is 1. The number of benzene rings is 2. The van der Waals surface area contributed by atoms with E-state index in [1.807, 2.05) is 26.0 Å². The molecule has 3 rings (SSSR count). The quantitative estimate of drug-likeness (QED) is 0.724. The van der Waals surface area contributed by atoms with Crippen LogP contribution in [0, 0.1) is 25.2 Å². The molecule has 1 aromatic heterocycles. The minimum Gasteiger partial charge on any atom is -0.488 e. The van der Waals surface area contributed by atoms with Crippen molar-refractivity contribution in [2.24, 2.45) is 0 Å². The lowest BCUT2D eigenvalue weighted by Gasteiger charge is -2.12. The van der Waals surface area contributed by atoms with Gasteiger partial charge in [-0.15, -0.1) is 0 Å². The number of hydrogen-bond donors (Lipinski definition) is 1. The third-order valence-corrected chi connectivity index (χ3v) is 4.19. The van der Waals surface area contributed by atoms with E-state index in [0.717, 1.165) is 16.8 Å². The zero-order valence-electron chi connectivity index (χ0n) is 15.2. The topological polar surface area (TPSA) is 88.2 Å². The Bertz CT molecular complexity index is 982. The van der Waals surface area contributed by atoms with Crippen molar-refractivity contribution in [3.8, 4) is 11.8 Å². The fourth-order valence-corrected chi connectivity index (χ4v) is 2.67. The van der Waals surface area contributed by atoms with Crippen LogP contribution in [0.2, 0.25) is 0 Å². The molecule has 0 aliphatic rings. The maximum absolute atomic E-state index is 12.6. The molecule has 0 fully saturated rings. The van der Waals surface area contributed by atoms with Crippen molar-refractivity contribution in [3.05, 3.63) is 82.2 Å². The first-order valence-corrected chi connectivity index (χ1v) is 8.49. The fourth-order valence-electron chi connectivity index (χ4n) is 2.67. The number of hydrogen-bond acceptors (Lipinski definition) is 5. The summed E-state index contributed by atoms with van der Waals surface area (Å²) in [6.07, 6.45) is 0. The molecule has 1 N–H and O–H groups in total. The largest absolute Gasteiger partial charge is 0.488 e. The standard InChI is InChI=1S/C21H19N3O3/c1-14-19(15(2)27-24-14)13-26-20-9-4-3-8-18(20)21(25)23-12-17-7-5-6-16(10-17)11-22/h3-10H,12-13H2,1-2H3,(H,23,25). The van der Waals surface area contributed by atoms with Crippen LogP contribution >= 0.6 is 0 Å². The van der Waals surface area contributed by atoms with E-state index in [-0.39, 0.29) is 12.5 Å². The number of nitrogens with one attached hydrogen (secondary N) is 1. The zero-order valence-corrected chi connectivity index (χ0v) is 15.2. The molecule has 136 valence electrons. The highest BCUT2D eigenvalue weighted by Gasteiger charge is 2.14. The first-order valence-electron chi connectivity index (χ1n) is 8.49. The summed E-state index contributed by atoms with van der Waals surface area (Å²) in [5.41, 5.74) is 3.51. The summed E-state index contributed by atoms with van der Waals surface area (Å²) >= 11 is 0. The molecule has 0 saturated heterocycles. The van der Waals surface area contributed by atoms with Crippen LogP contribution in [0.4, 0.5) is 0 Å². The van der Waals surface area contributed by atoms with E-state index in [9.17, 15) is 4.79 Å². The summed E-state index contributed by atoms with van der Waals surface area (Å²) in [5.74, 6) is 0.944. The third kappa shape index (κ3) is 4.33. The van der Waals surface area contributed by atoms with Gasteiger partial charge in [0.2, 0.25) is 0 Å².